The Bertz CT molecular complexity index is 1060. The Morgan fingerprint density at radius 2 is 1.94 bits per heavy atom. The summed E-state index contributed by atoms with van der Waals surface area (Å²) in [5.74, 6) is 2.48. The second kappa shape index (κ2) is 10.6. The van der Waals surface area contributed by atoms with E-state index >= 15 is 0 Å². The molecule has 32 heavy (non-hydrogen) atoms. The van der Waals surface area contributed by atoms with Crippen molar-refractivity contribution < 1.29 is 24.2 Å². The molecule has 0 aliphatic carbocycles. The van der Waals surface area contributed by atoms with Gasteiger partial charge >= 0.3 is 0 Å². The van der Waals surface area contributed by atoms with Gasteiger partial charge in [0, 0.05) is 23.4 Å². The minimum atomic E-state index is -1.03. The van der Waals surface area contributed by atoms with Gasteiger partial charge < -0.3 is 29.5 Å². The Kier molecular flexibility index (Phi) is 7.89. The predicted octanol–water partition coefficient (Wildman–Crippen LogP) is 3.57. The van der Waals surface area contributed by atoms with Crippen LogP contribution in [0.4, 0.5) is 5.82 Å². The summed E-state index contributed by atoms with van der Waals surface area (Å²) in [5, 5.41) is 26.1. The Morgan fingerprint density at radius 3 is 2.62 bits per heavy atom. The molecule has 0 saturated carbocycles. The molecule has 0 spiro atoms. The summed E-state index contributed by atoms with van der Waals surface area (Å²) in [6.45, 7) is 6.39. The maximum atomic E-state index is 9.52. The maximum Gasteiger partial charge on any atom is 0.258 e. The average molecular weight is 463 g/mol. The van der Waals surface area contributed by atoms with Gasteiger partial charge in [-0.25, -0.2) is 4.98 Å². The first-order valence-electron chi connectivity index (χ1n) is 10.2. The van der Waals surface area contributed by atoms with Crippen molar-refractivity contribution in [3.63, 3.8) is 0 Å². The van der Waals surface area contributed by atoms with Gasteiger partial charge in [-0.05, 0) is 37.1 Å². The van der Waals surface area contributed by atoms with Gasteiger partial charge in [0.05, 0.1) is 18.7 Å². The number of anilines is 1. The first kappa shape index (κ1) is 23.8. The quantitative estimate of drug-likeness (QED) is 0.414. The van der Waals surface area contributed by atoms with E-state index in [0.29, 0.717) is 28.9 Å². The fourth-order valence-corrected chi connectivity index (χ4v) is 3.14. The zero-order chi connectivity index (χ0) is 23.3. The fourth-order valence-electron chi connectivity index (χ4n) is 2.87. The molecule has 3 aromatic rings. The first-order valence-corrected chi connectivity index (χ1v) is 10.5. The van der Waals surface area contributed by atoms with E-state index < -0.39 is 12.7 Å². The van der Waals surface area contributed by atoms with E-state index in [2.05, 4.69) is 34.3 Å². The summed E-state index contributed by atoms with van der Waals surface area (Å²) in [6, 6.07) is 7.01. The number of aliphatic hydroxyl groups excluding tert-OH is 2. The Balaban J connectivity index is 1.87. The lowest BCUT2D eigenvalue weighted by Gasteiger charge is -2.15. The SMILES string of the molecule is COc1cc(-c2noc(-c3cc(C)nc(NCC(C)C)c3)n2)cc(Cl)c1OC[C@H](O)CO. The third-order valence-electron chi connectivity index (χ3n) is 4.44. The number of halogens is 1. The molecule has 2 aromatic heterocycles. The number of hydrogen-bond donors (Lipinski definition) is 3. The van der Waals surface area contributed by atoms with Crippen LogP contribution in [0.5, 0.6) is 11.5 Å². The van der Waals surface area contributed by atoms with Gasteiger partial charge in [-0.15, -0.1) is 0 Å². The van der Waals surface area contributed by atoms with E-state index in [1.54, 1.807) is 12.1 Å². The van der Waals surface area contributed by atoms with Gasteiger partial charge in [-0.3, -0.25) is 0 Å². The third-order valence-corrected chi connectivity index (χ3v) is 4.72. The summed E-state index contributed by atoms with van der Waals surface area (Å²) in [7, 11) is 1.47. The number of aromatic nitrogens is 3. The van der Waals surface area contributed by atoms with E-state index in [4.69, 9.17) is 30.7 Å². The second-order valence-corrected chi connectivity index (χ2v) is 8.12. The molecule has 0 saturated heterocycles. The number of nitrogens with one attached hydrogen (secondary N) is 1. The van der Waals surface area contributed by atoms with Crippen molar-refractivity contribution in [3.05, 3.63) is 35.0 Å². The van der Waals surface area contributed by atoms with Gasteiger partial charge in [0.15, 0.2) is 11.5 Å². The fraction of sp³-hybridized carbons (Fsp3) is 0.409. The lowest BCUT2D eigenvalue weighted by Crippen LogP contribution is -2.21. The van der Waals surface area contributed by atoms with Crippen LogP contribution in [-0.4, -0.2) is 58.3 Å². The molecule has 3 N–H and O–H groups in total. The minimum Gasteiger partial charge on any atom is -0.493 e. The van der Waals surface area contributed by atoms with Crippen LogP contribution in [0.3, 0.4) is 0 Å². The summed E-state index contributed by atoms with van der Waals surface area (Å²) in [6.07, 6.45) is -1.03. The lowest BCUT2D eigenvalue weighted by molar-refractivity contribution is 0.0528. The summed E-state index contributed by atoms with van der Waals surface area (Å²) < 4.78 is 16.4. The second-order valence-electron chi connectivity index (χ2n) is 7.72. The van der Waals surface area contributed by atoms with Crippen molar-refractivity contribution in [2.75, 3.05) is 32.2 Å². The van der Waals surface area contributed by atoms with Crippen LogP contribution in [0.15, 0.2) is 28.8 Å². The van der Waals surface area contributed by atoms with Gasteiger partial charge in [-0.1, -0.05) is 30.6 Å². The zero-order valence-electron chi connectivity index (χ0n) is 18.4. The molecule has 1 aromatic carbocycles. The topological polar surface area (TPSA) is 123 Å². The molecule has 0 fully saturated rings. The molecule has 0 amide bonds. The number of methoxy groups -OCH3 is 1. The average Bonchev–Trinajstić information content (AvgIpc) is 3.26. The Morgan fingerprint density at radius 1 is 1.16 bits per heavy atom. The van der Waals surface area contributed by atoms with Gasteiger partial charge in [0.1, 0.15) is 18.5 Å². The molecule has 3 rings (SSSR count). The molecule has 10 heteroatoms. The molecule has 2 heterocycles. The number of aliphatic hydroxyl groups is 2. The Hall–Kier alpha value is -2.88. The Labute approximate surface area is 191 Å². The summed E-state index contributed by atoms with van der Waals surface area (Å²) in [5.41, 5.74) is 2.14. The summed E-state index contributed by atoms with van der Waals surface area (Å²) in [4.78, 5) is 8.99. The molecule has 0 bridgehead atoms. The van der Waals surface area contributed by atoms with Crippen LogP contribution in [0, 0.1) is 12.8 Å². The lowest BCUT2D eigenvalue weighted by atomic mass is 10.2. The maximum absolute atomic E-state index is 9.52. The summed E-state index contributed by atoms with van der Waals surface area (Å²) >= 11 is 6.36. The van der Waals surface area contributed by atoms with Crippen molar-refractivity contribution in [2.24, 2.45) is 5.92 Å². The van der Waals surface area contributed by atoms with E-state index in [1.165, 1.54) is 7.11 Å². The molecule has 0 aliphatic rings. The number of aryl methyl sites for hydroxylation is 1. The van der Waals surface area contributed by atoms with Crippen molar-refractivity contribution in [2.45, 2.75) is 26.9 Å². The van der Waals surface area contributed by atoms with E-state index in [1.807, 2.05) is 19.1 Å². The van der Waals surface area contributed by atoms with Gasteiger partial charge in [0.2, 0.25) is 5.82 Å². The van der Waals surface area contributed by atoms with Crippen molar-refractivity contribution in [3.8, 4) is 34.3 Å². The molecule has 1 atom stereocenters. The highest BCUT2D eigenvalue weighted by molar-refractivity contribution is 6.32. The highest BCUT2D eigenvalue weighted by Gasteiger charge is 2.18. The normalized spacial score (nSPS) is 12.1. The van der Waals surface area contributed by atoms with Crippen LogP contribution in [-0.2, 0) is 0 Å². The van der Waals surface area contributed by atoms with Crippen molar-refractivity contribution >= 4 is 17.4 Å². The number of hydrogen-bond acceptors (Lipinski definition) is 9. The largest absolute Gasteiger partial charge is 0.493 e. The minimum absolute atomic E-state index is 0.132. The van der Waals surface area contributed by atoms with E-state index in [9.17, 15) is 5.11 Å². The van der Waals surface area contributed by atoms with Crippen LogP contribution in [0.25, 0.3) is 22.8 Å². The predicted molar refractivity (Wildman–Crippen MR) is 121 cm³/mol. The molecule has 0 aliphatic heterocycles. The number of nitrogens with zero attached hydrogens (tertiary/aromatic N) is 3. The number of ether oxygens (including phenoxy) is 2. The third kappa shape index (κ3) is 5.87. The molecule has 0 radical (unpaired) electrons. The molecular formula is C22H27ClN4O5. The van der Waals surface area contributed by atoms with Crippen molar-refractivity contribution in [1.29, 1.82) is 0 Å². The number of benzene rings is 1. The van der Waals surface area contributed by atoms with Crippen molar-refractivity contribution in [1.82, 2.24) is 15.1 Å². The number of rotatable bonds is 10. The monoisotopic (exact) mass is 462 g/mol. The molecule has 0 unspecified atom stereocenters. The highest BCUT2D eigenvalue weighted by Crippen LogP contribution is 2.39. The smallest absolute Gasteiger partial charge is 0.258 e. The standard InChI is InChI=1S/C22H27ClN4O5/c1-12(2)9-24-19-8-15(5-13(3)25-19)22-26-21(27-32-22)14-6-17(23)20(18(7-14)30-4)31-11-16(29)10-28/h5-8,12,16,28-29H,9-11H2,1-4H3,(H,24,25)/t16-/m1/s1. The van der Waals surface area contributed by atoms with Gasteiger partial charge in [0.25, 0.3) is 5.89 Å². The molecule has 9 nitrogen and oxygen atoms in total. The van der Waals surface area contributed by atoms with E-state index in [0.717, 1.165) is 23.6 Å². The van der Waals surface area contributed by atoms with Crippen LogP contribution in [0.1, 0.15) is 19.5 Å². The van der Waals surface area contributed by atoms with Gasteiger partial charge in [-0.2, -0.15) is 4.98 Å². The first-order chi connectivity index (χ1) is 15.3. The van der Waals surface area contributed by atoms with Crippen LogP contribution >= 0.6 is 11.6 Å². The zero-order valence-corrected chi connectivity index (χ0v) is 19.2. The highest BCUT2D eigenvalue weighted by atomic mass is 35.5. The molecule has 172 valence electrons. The van der Waals surface area contributed by atoms with Crippen LogP contribution in [0.2, 0.25) is 5.02 Å². The van der Waals surface area contributed by atoms with E-state index in [-0.39, 0.29) is 17.4 Å². The number of pyridine rings is 1. The van der Waals surface area contributed by atoms with Crippen LogP contribution < -0.4 is 14.8 Å². The molecular weight excluding hydrogens is 436 g/mol.